The van der Waals surface area contributed by atoms with Crippen molar-refractivity contribution in [3.63, 3.8) is 0 Å². The van der Waals surface area contributed by atoms with Crippen LogP contribution in [-0.2, 0) is 9.53 Å². The van der Waals surface area contributed by atoms with E-state index < -0.39 is 0 Å². The van der Waals surface area contributed by atoms with E-state index in [1.807, 2.05) is 6.92 Å². The third-order valence-corrected chi connectivity index (χ3v) is 4.45. The molecule has 0 amide bonds. The van der Waals surface area contributed by atoms with Gasteiger partial charge >= 0.3 is 5.97 Å². The average molecular weight is 253 g/mol. The zero-order chi connectivity index (χ0) is 12.8. The van der Waals surface area contributed by atoms with Gasteiger partial charge in [0, 0.05) is 6.54 Å². The topological polar surface area (TPSA) is 38.3 Å². The molecule has 0 unspecified atom stereocenters. The second-order valence-corrected chi connectivity index (χ2v) is 5.95. The van der Waals surface area contributed by atoms with Crippen molar-refractivity contribution in [1.29, 1.82) is 0 Å². The Morgan fingerprint density at radius 2 is 1.94 bits per heavy atom. The van der Waals surface area contributed by atoms with E-state index in [0.717, 1.165) is 25.4 Å². The Morgan fingerprint density at radius 1 is 1.17 bits per heavy atom. The van der Waals surface area contributed by atoms with Crippen molar-refractivity contribution in [3.8, 4) is 0 Å². The van der Waals surface area contributed by atoms with Crippen LogP contribution in [0.1, 0.15) is 51.9 Å². The van der Waals surface area contributed by atoms with Crippen molar-refractivity contribution in [2.75, 3.05) is 19.7 Å². The van der Waals surface area contributed by atoms with E-state index in [1.54, 1.807) is 0 Å². The van der Waals surface area contributed by atoms with Crippen LogP contribution >= 0.6 is 0 Å². The Kier molecular flexibility index (Phi) is 5.48. The largest absolute Gasteiger partial charge is 0.466 e. The lowest BCUT2D eigenvalue weighted by Gasteiger charge is -2.32. The van der Waals surface area contributed by atoms with Crippen LogP contribution in [-0.4, -0.2) is 25.7 Å². The van der Waals surface area contributed by atoms with Crippen molar-refractivity contribution in [2.45, 2.75) is 51.9 Å². The van der Waals surface area contributed by atoms with E-state index in [-0.39, 0.29) is 11.9 Å². The summed E-state index contributed by atoms with van der Waals surface area (Å²) >= 11 is 0. The summed E-state index contributed by atoms with van der Waals surface area (Å²) in [5.74, 6) is 1.67. The molecule has 1 saturated heterocycles. The van der Waals surface area contributed by atoms with Crippen LogP contribution in [0.25, 0.3) is 0 Å². The number of esters is 1. The first-order chi connectivity index (χ1) is 8.79. The molecular weight excluding hydrogens is 226 g/mol. The number of piperidine rings is 1. The fraction of sp³-hybridized carbons (Fsp3) is 0.933. The molecule has 0 bridgehead atoms. The fourth-order valence-electron chi connectivity index (χ4n) is 3.54. The summed E-state index contributed by atoms with van der Waals surface area (Å²) in [6, 6.07) is 0. The minimum absolute atomic E-state index is 0.00153. The van der Waals surface area contributed by atoms with Gasteiger partial charge in [0.2, 0.25) is 0 Å². The van der Waals surface area contributed by atoms with Gasteiger partial charge in [-0.2, -0.15) is 0 Å². The first-order valence-electron chi connectivity index (χ1n) is 7.67. The van der Waals surface area contributed by atoms with Gasteiger partial charge in [-0.05, 0) is 38.1 Å². The number of hydrogen-bond acceptors (Lipinski definition) is 3. The van der Waals surface area contributed by atoms with E-state index in [1.165, 1.54) is 38.5 Å². The molecule has 0 aromatic carbocycles. The lowest BCUT2D eigenvalue weighted by Crippen LogP contribution is -2.41. The highest BCUT2D eigenvalue weighted by molar-refractivity contribution is 5.72. The molecule has 0 radical (unpaired) electrons. The summed E-state index contributed by atoms with van der Waals surface area (Å²) in [5.41, 5.74) is 0. The molecule has 104 valence electrons. The van der Waals surface area contributed by atoms with Gasteiger partial charge < -0.3 is 10.1 Å². The van der Waals surface area contributed by atoms with E-state index in [9.17, 15) is 4.79 Å². The zero-order valence-electron chi connectivity index (χ0n) is 11.6. The maximum absolute atomic E-state index is 11.8. The van der Waals surface area contributed by atoms with Gasteiger partial charge in [-0.3, -0.25) is 4.79 Å². The Morgan fingerprint density at radius 3 is 2.67 bits per heavy atom. The standard InChI is InChI=1S/C15H27NO2/c1-2-18-15(17)14-9-13(10-16-11-14)8-12-6-4-3-5-7-12/h12-14,16H,2-11H2,1H3/t13-,14+/m0/s1. The summed E-state index contributed by atoms with van der Waals surface area (Å²) in [6.07, 6.45) is 9.38. The van der Waals surface area contributed by atoms with Gasteiger partial charge in [-0.15, -0.1) is 0 Å². The summed E-state index contributed by atoms with van der Waals surface area (Å²) in [4.78, 5) is 11.8. The fourth-order valence-corrected chi connectivity index (χ4v) is 3.54. The maximum atomic E-state index is 11.8. The molecule has 1 saturated carbocycles. The van der Waals surface area contributed by atoms with E-state index >= 15 is 0 Å². The van der Waals surface area contributed by atoms with Gasteiger partial charge in [-0.25, -0.2) is 0 Å². The smallest absolute Gasteiger partial charge is 0.310 e. The molecule has 1 aliphatic heterocycles. The highest BCUT2D eigenvalue weighted by Crippen LogP contribution is 2.32. The molecule has 0 aromatic heterocycles. The molecule has 3 nitrogen and oxygen atoms in total. The van der Waals surface area contributed by atoms with Crippen LogP contribution in [0.15, 0.2) is 0 Å². The minimum atomic E-state index is -0.00153. The highest BCUT2D eigenvalue weighted by atomic mass is 16.5. The molecule has 2 atom stereocenters. The van der Waals surface area contributed by atoms with Gasteiger partial charge in [0.1, 0.15) is 0 Å². The first-order valence-corrected chi connectivity index (χ1v) is 7.67. The monoisotopic (exact) mass is 253 g/mol. The van der Waals surface area contributed by atoms with E-state index in [0.29, 0.717) is 12.5 Å². The summed E-state index contributed by atoms with van der Waals surface area (Å²) in [7, 11) is 0. The Bertz CT molecular complexity index is 261. The third kappa shape index (κ3) is 3.98. The van der Waals surface area contributed by atoms with Gasteiger partial charge in [-0.1, -0.05) is 32.1 Å². The van der Waals surface area contributed by atoms with Crippen LogP contribution in [0, 0.1) is 17.8 Å². The molecule has 1 aliphatic carbocycles. The third-order valence-electron chi connectivity index (χ3n) is 4.45. The summed E-state index contributed by atoms with van der Waals surface area (Å²) < 4.78 is 5.14. The Labute approximate surface area is 111 Å². The highest BCUT2D eigenvalue weighted by Gasteiger charge is 2.29. The van der Waals surface area contributed by atoms with Gasteiger partial charge in [0.15, 0.2) is 0 Å². The maximum Gasteiger partial charge on any atom is 0.310 e. The normalized spacial score (nSPS) is 30.1. The van der Waals surface area contributed by atoms with E-state index in [4.69, 9.17) is 4.74 Å². The number of hydrogen-bond donors (Lipinski definition) is 1. The van der Waals surface area contributed by atoms with Crippen LogP contribution in [0.3, 0.4) is 0 Å². The first kappa shape index (κ1) is 13.9. The van der Waals surface area contributed by atoms with Crippen molar-refractivity contribution in [3.05, 3.63) is 0 Å². The number of carbonyl (C=O) groups excluding carboxylic acids is 1. The van der Waals surface area contributed by atoms with Crippen molar-refractivity contribution >= 4 is 5.97 Å². The van der Waals surface area contributed by atoms with Gasteiger partial charge in [0.25, 0.3) is 0 Å². The lowest BCUT2D eigenvalue weighted by molar-refractivity contribution is -0.149. The average Bonchev–Trinajstić information content (AvgIpc) is 2.40. The van der Waals surface area contributed by atoms with Crippen molar-refractivity contribution in [2.24, 2.45) is 17.8 Å². The molecule has 2 rings (SSSR count). The predicted molar refractivity (Wildman–Crippen MR) is 72.3 cm³/mol. The molecule has 3 heteroatoms. The Hall–Kier alpha value is -0.570. The van der Waals surface area contributed by atoms with Crippen LogP contribution in [0.5, 0.6) is 0 Å². The molecular formula is C15H27NO2. The SMILES string of the molecule is CCOC(=O)[C@H]1CNC[C@@H](CC2CCCCC2)C1. The molecule has 0 aromatic rings. The molecule has 1 N–H and O–H groups in total. The summed E-state index contributed by atoms with van der Waals surface area (Å²) in [5, 5.41) is 3.41. The lowest BCUT2D eigenvalue weighted by atomic mass is 9.79. The molecule has 0 spiro atoms. The van der Waals surface area contributed by atoms with Crippen LogP contribution in [0.2, 0.25) is 0 Å². The second kappa shape index (κ2) is 7.13. The number of carbonyl (C=O) groups is 1. The molecule has 18 heavy (non-hydrogen) atoms. The predicted octanol–water partition coefficient (Wildman–Crippen LogP) is 2.75. The number of ether oxygens (including phenoxy) is 1. The molecule has 2 fully saturated rings. The molecule has 1 heterocycles. The van der Waals surface area contributed by atoms with E-state index in [2.05, 4.69) is 5.32 Å². The quantitative estimate of drug-likeness (QED) is 0.783. The molecule has 2 aliphatic rings. The zero-order valence-corrected chi connectivity index (χ0v) is 11.6. The number of rotatable bonds is 4. The van der Waals surface area contributed by atoms with Crippen LogP contribution < -0.4 is 5.32 Å². The summed E-state index contributed by atoms with van der Waals surface area (Å²) in [6.45, 7) is 4.28. The van der Waals surface area contributed by atoms with Gasteiger partial charge in [0.05, 0.1) is 12.5 Å². The number of nitrogens with one attached hydrogen (secondary N) is 1. The van der Waals surface area contributed by atoms with Crippen molar-refractivity contribution in [1.82, 2.24) is 5.32 Å². The Balaban J connectivity index is 1.77. The van der Waals surface area contributed by atoms with Crippen LogP contribution in [0.4, 0.5) is 0 Å². The minimum Gasteiger partial charge on any atom is -0.466 e. The second-order valence-electron chi connectivity index (χ2n) is 5.95. The van der Waals surface area contributed by atoms with Crippen molar-refractivity contribution < 1.29 is 9.53 Å².